The highest BCUT2D eigenvalue weighted by molar-refractivity contribution is 5.79. The first-order chi connectivity index (χ1) is 11.4. The molecule has 2 aromatic rings. The molecular formula is C24H26. The highest BCUT2D eigenvalue weighted by Gasteiger charge is 2.43. The first-order valence-electron chi connectivity index (χ1n) is 9.01. The van der Waals surface area contributed by atoms with Crippen LogP contribution in [-0.2, 0) is 0 Å². The van der Waals surface area contributed by atoms with Crippen LogP contribution in [0.25, 0.3) is 11.1 Å². The molecule has 0 saturated heterocycles. The van der Waals surface area contributed by atoms with Crippen molar-refractivity contribution < 1.29 is 0 Å². The van der Waals surface area contributed by atoms with Crippen molar-refractivity contribution in [3.05, 3.63) is 82.5 Å². The van der Waals surface area contributed by atoms with E-state index in [2.05, 4.69) is 89.2 Å². The predicted molar refractivity (Wildman–Crippen MR) is 103 cm³/mol. The summed E-state index contributed by atoms with van der Waals surface area (Å²) in [7, 11) is 0. The van der Waals surface area contributed by atoms with Crippen molar-refractivity contribution in [2.45, 2.75) is 40.5 Å². The van der Waals surface area contributed by atoms with E-state index in [0.29, 0.717) is 11.8 Å². The summed E-state index contributed by atoms with van der Waals surface area (Å²) in [6.07, 6.45) is 2.51. The van der Waals surface area contributed by atoms with E-state index in [9.17, 15) is 0 Å². The Kier molecular flexibility index (Phi) is 3.35. The first-order valence-corrected chi connectivity index (χ1v) is 9.01. The van der Waals surface area contributed by atoms with E-state index in [1.807, 2.05) is 0 Å². The largest absolute Gasteiger partial charge is 0.0710 e. The third-order valence-electron chi connectivity index (χ3n) is 6.81. The van der Waals surface area contributed by atoms with Crippen molar-refractivity contribution in [3.63, 3.8) is 0 Å². The van der Waals surface area contributed by atoms with Crippen LogP contribution in [0, 0.1) is 11.3 Å². The molecule has 0 bridgehead atoms. The van der Waals surface area contributed by atoms with Gasteiger partial charge in [-0.25, -0.2) is 0 Å². The summed E-state index contributed by atoms with van der Waals surface area (Å²) in [5, 5.41) is 0. The lowest BCUT2D eigenvalue weighted by molar-refractivity contribution is 0.306. The molecule has 2 aromatic carbocycles. The molecule has 0 aromatic heterocycles. The summed E-state index contributed by atoms with van der Waals surface area (Å²) in [4.78, 5) is 0. The molecule has 0 amide bonds. The lowest BCUT2D eigenvalue weighted by Gasteiger charge is -2.37. The van der Waals surface area contributed by atoms with Crippen molar-refractivity contribution in [1.29, 1.82) is 0 Å². The van der Waals surface area contributed by atoms with Gasteiger partial charge >= 0.3 is 0 Å². The molecule has 0 spiro atoms. The molecule has 4 rings (SSSR count). The topological polar surface area (TPSA) is 0 Å². The molecule has 0 aliphatic heterocycles. The second kappa shape index (κ2) is 5.21. The molecular weight excluding hydrogens is 288 g/mol. The molecule has 0 N–H and O–H groups in total. The average Bonchev–Trinajstić information content (AvgIpc) is 3.03. The molecule has 0 radical (unpaired) electrons. The van der Waals surface area contributed by atoms with Crippen LogP contribution in [-0.4, -0.2) is 0 Å². The Labute approximate surface area is 145 Å². The van der Waals surface area contributed by atoms with Crippen molar-refractivity contribution in [2.24, 2.45) is 11.3 Å². The zero-order valence-corrected chi connectivity index (χ0v) is 15.4. The molecule has 2 unspecified atom stereocenters. The Morgan fingerprint density at radius 3 is 1.79 bits per heavy atom. The highest BCUT2D eigenvalue weighted by Crippen LogP contribution is 2.56. The van der Waals surface area contributed by atoms with E-state index >= 15 is 0 Å². The van der Waals surface area contributed by atoms with Crippen LogP contribution in [0.1, 0.15) is 51.7 Å². The van der Waals surface area contributed by atoms with Gasteiger partial charge in [0.15, 0.2) is 0 Å². The summed E-state index contributed by atoms with van der Waals surface area (Å²) < 4.78 is 0. The Balaban J connectivity index is 1.89. The molecule has 24 heavy (non-hydrogen) atoms. The number of benzene rings is 2. The quantitative estimate of drug-likeness (QED) is 0.576. The lowest BCUT2D eigenvalue weighted by atomic mass is 9.66. The molecule has 0 heterocycles. The van der Waals surface area contributed by atoms with Gasteiger partial charge in [0, 0.05) is 11.3 Å². The van der Waals surface area contributed by atoms with Crippen molar-refractivity contribution in [3.8, 4) is 11.1 Å². The van der Waals surface area contributed by atoms with Crippen molar-refractivity contribution in [2.75, 3.05) is 0 Å². The molecule has 0 saturated carbocycles. The first kappa shape index (κ1) is 15.4. The zero-order valence-electron chi connectivity index (χ0n) is 15.4. The summed E-state index contributed by atoms with van der Waals surface area (Å²) >= 11 is 0. The summed E-state index contributed by atoms with van der Waals surface area (Å²) in [5.41, 5.74) is 10.4. The van der Waals surface area contributed by atoms with Crippen LogP contribution in [0.15, 0.2) is 71.3 Å². The maximum absolute atomic E-state index is 2.51. The Hall–Kier alpha value is -2.08. The standard InChI is InChI=1S/C24H26/c1-15-14-24(5,17(3)16(15)2)18(4)23-21-12-8-6-10-19(21)20-11-7-9-13-22(20)23/h6-14,18,23H,1-5H3. The van der Waals surface area contributed by atoms with Gasteiger partial charge in [0.25, 0.3) is 0 Å². The maximum Gasteiger partial charge on any atom is 0.0139 e. The number of allylic oxidation sites excluding steroid dienone is 4. The molecule has 2 aliphatic rings. The van der Waals surface area contributed by atoms with E-state index < -0.39 is 0 Å². The number of fused-ring (bicyclic) bond motifs is 3. The fourth-order valence-electron chi connectivity index (χ4n) is 4.92. The Morgan fingerprint density at radius 2 is 1.33 bits per heavy atom. The van der Waals surface area contributed by atoms with Crippen LogP contribution >= 0.6 is 0 Å². The van der Waals surface area contributed by atoms with E-state index in [4.69, 9.17) is 0 Å². The minimum Gasteiger partial charge on any atom is -0.0710 e. The van der Waals surface area contributed by atoms with Gasteiger partial charge < -0.3 is 0 Å². The number of rotatable bonds is 2. The monoisotopic (exact) mass is 314 g/mol. The van der Waals surface area contributed by atoms with Gasteiger partial charge in [-0.15, -0.1) is 0 Å². The fourth-order valence-corrected chi connectivity index (χ4v) is 4.92. The minimum atomic E-state index is 0.128. The molecule has 2 aliphatic carbocycles. The van der Waals surface area contributed by atoms with E-state index in [1.165, 1.54) is 39.0 Å². The predicted octanol–water partition coefficient (Wildman–Crippen LogP) is 6.74. The zero-order chi connectivity index (χ0) is 17.1. The van der Waals surface area contributed by atoms with Crippen LogP contribution in [0.5, 0.6) is 0 Å². The summed E-state index contributed by atoms with van der Waals surface area (Å²) in [5.74, 6) is 0.988. The second-order valence-corrected chi connectivity index (χ2v) is 7.80. The van der Waals surface area contributed by atoms with Gasteiger partial charge in [0.2, 0.25) is 0 Å². The van der Waals surface area contributed by atoms with Crippen molar-refractivity contribution >= 4 is 0 Å². The van der Waals surface area contributed by atoms with Gasteiger partial charge in [-0.3, -0.25) is 0 Å². The third-order valence-corrected chi connectivity index (χ3v) is 6.81. The minimum absolute atomic E-state index is 0.128. The average molecular weight is 314 g/mol. The van der Waals surface area contributed by atoms with Crippen LogP contribution in [0.3, 0.4) is 0 Å². The Bertz CT molecular complexity index is 835. The van der Waals surface area contributed by atoms with E-state index in [-0.39, 0.29) is 5.41 Å². The highest BCUT2D eigenvalue weighted by atomic mass is 14.5. The maximum atomic E-state index is 2.51. The number of hydrogen-bond acceptors (Lipinski definition) is 0. The third kappa shape index (κ3) is 1.92. The van der Waals surface area contributed by atoms with Gasteiger partial charge in [-0.1, -0.05) is 79.6 Å². The van der Waals surface area contributed by atoms with Crippen molar-refractivity contribution in [1.82, 2.24) is 0 Å². The molecule has 2 atom stereocenters. The van der Waals surface area contributed by atoms with Gasteiger partial charge in [-0.05, 0) is 54.5 Å². The molecule has 0 fully saturated rings. The number of hydrogen-bond donors (Lipinski definition) is 0. The van der Waals surface area contributed by atoms with E-state index in [1.54, 1.807) is 0 Å². The van der Waals surface area contributed by atoms with Crippen LogP contribution in [0.4, 0.5) is 0 Å². The SMILES string of the molecule is CC1=CC(C)(C(C)C2c3ccccc3-c3ccccc32)C(C)=C1C. The van der Waals surface area contributed by atoms with Gasteiger partial charge in [0.05, 0.1) is 0 Å². The van der Waals surface area contributed by atoms with Gasteiger partial charge in [-0.2, -0.15) is 0 Å². The molecule has 122 valence electrons. The molecule has 0 heteroatoms. The lowest BCUT2D eigenvalue weighted by Crippen LogP contribution is -2.28. The smallest absolute Gasteiger partial charge is 0.0139 e. The summed E-state index contributed by atoms with van der Waals surface area (Å²) in [6, 6.07) is 17.9. The Morgan fingerprint density at radius 1 is 0.833 bits per heavy atom. The fraction of sp³-hybridized carbons (Fsp3) is 0.333. The van der Waals surface area contributed by atoms with Gasteiger partial charge in [0.1, 0.15) is 0 Å². The molecule has 0 nitrogen and oxygen atoms in total. The normalized spacial score (nSPS) is 24.0. The van der Waals surface area contributed by atoms with Crippen LogP contribution < -0.4 is 0 Å². The second-order valence-electron chi connectivity index (χ2n) is 7.80. The summed E-state index contributed by atoms with van der Waals surface area (Å²) in [6.45, 7) is 11.7. The van der Waals surface area contributed by atoms with Crippen LogP contribution in [0.2, 0.25) is 0 Å². The van der Waals surface area contributed by atoms with E-state index in [0.717, 1.165) is 0 Å².